The number of rotatable bonds is 6. The molecule has 1 saturated carbocycles. The second-order valence-corrected chi connectivity index (χ2v) is 8.01. The SMILES string of the molecule is CCC(C)NC(=O)C1CC(C)N(Cc2noc(CN)n2)C2CCCCC12.Cl. The van der Waals surface area contributed by atoms with Crippen molar-refractivity contribution in [3.8, 4) is 0 Å². The molecule has 1 aliphatic carbocycles. The predicted molar refractivity (Wildman–Crippen MR) is 106 cm³/mol. The molecule has 0 bridgehead atoms. The van der Waals surface area contributed by atoms with Gasteiger partial charge in [-0.1, -0.05) is 24.9 Å². The number of aromatic nitrogens is 2. The molecule has 154 valence electrons. The Morgan fingerprint density at radius 1 is 1.41 bits per heavy atom. The molecular formula is C19H34ClN5O2. The van der Waals surface area contributed by atoms with E-state index in [-0.39, 0.29) is 36.8 Å². The van der Waals surface area contributed by atoms with Gasteiger partial charge >= 0.3 is 0 Å². The second kappa shape index (κ2) is 9.85. The van der Waals surface area contributed by atoms with Crippen LogP contribution in [0.1, 0.15) is 71.0 Å². The van der Waals surface area contributed by atoms with E-state index >= 15 is 0 Å². The number of carbonyl (C=O) groups excluding carboxylic acids is 1. The van der Waals surface area contributed by atoms with E-state index in [0.717, 1.165) is 25.7 Å². The highest BCUT2D eigenvalue weighted by Gasteiger charge is 2.45. The van der Waals surface area contributed by atoms with Crippen molar-refractivity contribution >= 4 is 18.3 Å². The number of carbonyl (C=O) groups is 1. The van der Waals surface area contributed by atoms with Gasteiger partial charge in [-0.05, 0) is 45.4 Å². The number of likely N-dealkylation sites (tertiary alicyclic amines) is 1. The van der Waals surface area contributed by atoms with Crippen molar-refractivity contribution in [2.75, 3.05) is 0 Å². The van der Waals surface area contributed by atoms with E-state index in [1.807, 2.05) is 0 Å². The zero-order valence-electron chi connectivity index (χ0n) is 16.7. The summed E-state index contributed by atoms with van der Waals surface area (Å²) < 4.78 is 5.17. The molecule has 8 heteroatoms. The lowest BCUT2D eigenvalue weighted by molar-refractivity contribution is -0.134. The Bertz CT molecular complexity index is 611. The Balaban J connectivity index is 0.00000261. The predicted octanol–water partition coefficient (Wildman–Crippen LogP) is 2.63. The largest absolute Gasteiger partial charge is 0.353 e. The monoisotopic (exact) mass is 399 g/mol. The van der Waals surface area contributed by atoms with Gasteiger partial charge in [-0.15, -0.1) is 12.4 Å². The van der Waals surface area contributed by atoms with Crippen LogP contribution in [0.25, 0.3) is 0 Å². The number of amides is 1. The van der Waals surface area contributed by atoms with Crippen LogP contribution in [0.5, 0.6) is 0 Å². The number of hydrogen-bond donors (Lipinski definition) is 2. The fraction of sp³-hybridized carbons (Fsp3) is 0.842. The Hall–Kier alpha value is -1.18. The maximum Gasteiger partial charge on any atom is 0.240 e. The van der Waals surface area contributed by atoms with Crippen molar-refractivity contribution in [1.82, 2.24) is 20.4 Å². The summed E-state index contributed by atoms with van der Waals surface area (Å²) in [6.45, 7) is 7.36. The van der Waals surface area contributed by atoms with E-state index in [1.165, 1.54) is 12.8 Å². The fourth-order valence-corrected chi connectivity index (χ4v) is 4.65. The van der Waals surface area contributed by atoms with E-state index in [1.54, 1.807) is 0 Å². The van der Waals surface area contributed by atoms with Crippen LogP contribution < -0.4 is 11.1 Å². The van der Waals surface area contributed by atoms with Crippen molar-refractivity contribution in [1.29, 1.82) is 0 Å². The first-order chi connectivity index (χ1) is 12.5. The summed E-state index contributed by atoms with van der Waals surface area (Å²) in [5.74, 6) is 1.96. The molecule has 3 N–H and O–H groups in total. The van der Waals surface area contributed by atoms with Crippen LogP contribution in [-0.2, 0) is 17.9 Å². The Morgan fingerprint density at radius 3 is 2.81 bits per heavy atom. The van der Waals surface area contributed by atoms with Crippen LogP contribution >= 0.6 is 12.4 Å². The van der Waals surface area contributed by atoms with E-state index in [0.29, 0.717) is 36.3 Å². The maximum atomic E-state index is 12.9. The van der Waals surface area contributed by atoms with Crippen molar-refractivity contribution in [2.45, 2.75) is 90.5 Å². The van der Waals surface area contributed by atoms with Crippen LogP contribution in [0.2, 0.25) is 0 Å². The standard InChI is InChI=1S/C19H33N5O2.ClH/c1-4-12(2)21-19(25)15-9-13(3)24(16-8-6-5-7-14(15)16)11-17-22-18(10-20)26-23-17;/h12-16H,4-11,20H2,1-3H3,(H,21,25);1H. The summed E-state index contributed by atoms with van der Waals surface area (Å²) in [7, 11) is 0. The third-order valence-electron chi connectivity index (χ3n) is 6.23. The first-order valence-corrected chi connectivity index (χ1v) is 10.1. The van der Waals surface area contributed by atoms with Crippen LogP contribution in [0.4, 0.5) is 0 Å². The minimum absolute atomic E-state index is 0. The number of fused-ring (bicyclic) bond motifs is 1. The molecule has 5 unspecified atom stereocenters. The molecule has 2 aliphatic rings. The maximum absolute atomic E-state index is 12.9. The van der Waals surface area contributed by atoms with E-state index in [2.05, 4.69) is 41.1 Å². The Labute approximate surface area is 168 Å². The molecule has 27 heavy (non-hydrogen) atoms. The summed E-state index contributed by atoms with van der Waals surface area (Å²) in [5, 5.41) is 7.29. The molecule has 1 aromatic heterocycles. The van der Waals surface area contributed by atoms with Gasteiger partial charge in [0.1, 0.15) is 0 Å². The van der Waals surface area contributed by atoms with Crippen LogP contribution in [0.3, 0.4) is 0 Å². The molecule has 1 aliphatic heterocycles. The van der Waals surface area contributed by atoms with Gasteiger partial charge in [-0.2, -0.15) is 4.98 Å². The zero-order valence-corrected chi connectivity index (χ0v) is 17.5. The van der Waals surface area contributed by atoms with Crippen molar-refractivity contribution in [2.24, 2.45) is 17.6 Å². The number of hydrogen-bond acceptors (Lipinski definition) is 6. The summed E-state index contributed by atoms with van der Waals surface area (Å²) in [6.07, 6.45) is 6.58. The lowest BCUT2D eigenvalue weighted by Gasteiger charge is -2.50. The Kier molecular flexibility index (Phi) is 8.06. The smallest absolute Gasteiger partial charge is 0.240 e. The lowest BCUT2D eigenvalue weighted by Crippen LogP contribution is -2.57. The molecule has 3 rings (SSSR count). The quantitative estimate of drug-likeness (QED) is 0.763. The minimum atomic E-state index is 0. The van der Waals surface area contributed by atoms with Gasteiger partial charge in [0.15, 0.2) is 5.82 Å². The third kappa shape index (κ3) is 5.00. The topological polar surface area (TPSA) is 97.3 Å². The summed E-state index contributed by atoms with van der Waals surface area (Å²) >= 11 is 0. The Morgan fingerprint density at radius 2 is 2.15 bits per heavy atom. The van der Waals surface area contributed by atoms with Gasteiger partial charge in [0.05, 0.1) is 13.1 Å². The van der Waals surface area contributed by atoms with Gasteiger partial charge in [0.2, 0.25) is 11.8 Å². The van der Waals surface area contributed by atoms with E-state index in [9.17, 15) is 4.79 Å². The molecule has 2 heterocycles. The highest BCUT2D eigenvalue weighted by Crippen LogP contribution is 2.42. The highest BCUT2D eigenvalue weighted by molar-refractivity contribution is 5.85. The van der Waals surface area contributed by atoms with Gasteiger partial charge in [-0.3, -0.25) is 9.69 Å². The molecule has 7 nitrogen and oxygen atoms in total. The van der Waals surface area contributed by atoms with Gasteiger partial charge in [0, 0.05) is 24.0 Å². The molecule has 0 radical (unpaired) electrons. The van der Waals surface area contributed by atoms with Crippen molar-refractivity contribution in [3.63, 3.8) is 0 Å². The van der Waals surface area contributed by atoms with E-state index < -0.39 is 0 Å². The van der Waals surface area contributed by atoms with E-state index in [4.69, 9.17) is 10.3 Å². The molecule has 2 fully saturated rings. The fourth-order valence-electron chi connectivity index (χ4n) is 4.65. The zero-order chi connectivity index (χ0) is 18.7. The number of piperidine rings is 1. The van der Waals surface area contributed by atoms with Crippen molar-refractivity contribution < 1.29 is 9.32 Å². The summed E-state index contributed by atoms with van der Waals surface area (Å²) in [4.78, 5) is 19.8. The molecular weight excluding hydrogens is 366 g/mol. The van der Waals surface area contributed by atoms with Gasteiger partial charge in [0.25, 0.3) is 0 Å². The number of halogens is 1. The van der Waals surface area contributed by atoms with Gasteiger partial charge < -0.3 is 15.6 Å². The lowest BCUT2D eigenvalue weighted by atomic mass is 9.69. The average molecular weight is 400 g/mol. The number of nitrogens with one attached hydrogen (secondary N) is 1. The van der Waals surface area contributed by atoms with Crippen LogP contribution in [-0.4, -0.2) is 39.1 Å². The number of nitrogens with zero attached hydrogens (tertiary/aromatic N) is 3. The molecule has 0 aromatic carbocycles. The minimum Gasteiger partial charge on any atom is -0.353 e. The first-order valence-electron chi connectivity index (χ1n) is 10.1. The summed E-state index contributed by atoms with van der Waals surface area (Å²) in [6, 6.07) is 0.980. The van der Waals surface area contributed by atoms with Crippen molar-refractivity contribution in [3.05, 3.63) is 11.7 Å². The van der Waals surface area contributed by atoms with Gasteiger partial charge in [-0.25, -0.2) is 0 Å². The average Bonchev–Trinajstić information content (AvgIpc) is 3.11. The third-order valence-corrected chi connectivity index (χ3v) is 6.23. The molecule has 0 spiro atoms. The summed E-state index contributed by atoms with van der Waals surface area (Å²) in [5.41, 5.74) is 5.58. The first kappa shape index (κ1) is 22.1. The number of nitrogens with two attached hydrogens (primary N) is 1. The normalized spacial score (nSPS) is 29.5. The van der Waals surface area contributed by atoms with Crippen LogP contribution in [0, 0.1) is 11.8 Å². The molecule has 1 amide bonds. The molecule has 1 saturated heterocycles. The molecule has 5 atom stereocenters. The second-order valence-electron chi connectivity index (χ2n) is 8.01. The molecule has 1 aromatic rings. The van der Waals surface area contributed by atoms with Crippen LogP contribution in [0.15, 0.2) is 4.52 Å². The highest BCUT2D eigenvalue weighted by atomic mass is 35.5.